The zero-order valence-corrected chi connectivity index (χ0v) is 13.7. The van der Waals surface area contributed by atoms with Gasteiger partial charge in [-0.25, -0.2) is 9.59 Å². The number of urea groups is 1. The van der Waals surface area contributed by atoms with Gasteiger partial charge >= 0.3 is 12.0 Å². The maximum absolute atomic E-state index is 12.4. The molecule has 0 spiro atoms. The number of nitrogens with one attached hydrogen (secondary N) is 1. The summed E-state index contributed by atoms with van der Waals surface area (Å²) in [6.45, 7) is 4.94. The first-order valence-corrected chi connectivity index (χ1v) is 8.98. The van der Waals surface area contributed by atoms with E-state index in [0.29, 0.717) is 18.2 Å². The molecule has 6 heteroatoms. The maximum atomic E-state index is 12.4. The molecule has 21 heavy (non-hydrogen) atoms. The SMILES string of the molecule is CCC1SCC(C(=O)O)N1C(=O)NCC1CCC(C)CC1. The van der Waals surface area contributed by atoms with Crippen LogP contribution in [0.1, 0.15) is 46.0 Å². The minimum absolute atomic E-state index is 0.0162. The van der Waals surface area contributed by atoms with Crippen molar-refractivity contribution in [2.45, 2.75) is 57.4 Å². The van der Waals surface area contributed by atoms with Gasteiger partial charge in [-0.2, -0.15) is 0 Å². The van der Waals surface area contributed by atoms with Gasteiger partial charge in [-0.1, -0.05) is 26.7 Å². The van der Waals surface area contributed by atoms with Crippen molar-refractivity contribution in [2.75, 3.05) is 12.3 Å². The smallest absolute Gasteiger partial charge is 0.327 e. The summed E-state index contributed by atoms with van der Waals surface area (Å²) in [6, 6.07) is -0.899. The van der Waals surface area contributed by atoms with E-state index in [0.717, 1.165) is 25.2 Å². The molecule has 2 atom stereocenters. The number of hydrogen-bond donors (Lipinski definition) is 2. The Bertz CT molecular complexity index is 383. The molecule has 2 rings (SSSR count). The zero-order chi connectivity index (χ0) is 15.4. The highest BCUT2D eigenvalue weighted by molar-refractivity contribution is 8.00. The lowest BCUT2D eigenvalue weighted by molar-refractivity contribution is -0.141. The van der Waals surface area contributed by atoms with Crippen molar-refractivity contribution < 1.29 is 14.7 Å². The Morgan fingerprint density at radius 1 is 1.29 bits per heavy atom. The van der Waals surface area contributed by atoms with Gasteiger partial charge in [-0.3, -0.25) is 4.90 Å². The van der Waals surface area contributed by atoms with Crippen LogP contribution in [-0.2, 0) is 4.79 Å². The van der Waals surface area contributed by atoms with Gasteiger partial charge in [0.25, 0.3) is 0 Å². The first-order chi connectivity index (χ1) is 10.0. The molecule has 2 unspecified atom stereocenters. The Kier molecular flexibility index (Phi) is 5.79. The van der Waals surface area contributed by atoms with Crippen LogP contribution >= 0.6 is 11.8 Å². The summed E-state index contributed by atoms with van der Waals surface area (Å²) in [7, 11) is 0. The molecule has 0 aromatic rings. The molecule has 2 N–H and O–H groups in total. The highest BCUT2D eigenvalue weighted by atomic mass is 32.2. The Hall–Kier alpha value is -0.910. The van der Waals surface area contributed by atoms with E-state index in [2.05, 4.69) is 12.2 Å². The molecule has 0 aromatic heterocycles. The summed E-state index contributed by atoms with van der Waals surface area (Å²) < 4.78 is 0. The quantitative estimate of drug-likeness (QED) is 0.837. The Labute approximate surface area is 130 Å². The molecule has 2 aliphatic rings. The number of nitrogens with zero attached hydrogens (tertiary/aromatic N) is 1. The summed E-state index contributed by atoms with van der Waals surface area (Å²) in [5.41, 5.74) is 0. The number of carbonyl (C=O) groups excluding carboxylic acids is 1. The van der Waals surface area contributed by atoms with Crippen LogP contribution in [0.4, 0.5) is 4.79 Å². The van der Waals surface area contributed by atoms with Crippen molar-refractivity contribution in [3.05, 3.63) is 0 Å². The van der Waals surface area contributed by atoms with Crippen molar-refractivity contribution in [1.29, 1.82) is 0 Å². The van der Waals surface area contributed by atoms with Crippen LogP contribution in [0.3, 0.4) is 0 Å². The van der Waals surface area contributed by atoms with Crippen LogP contribution in [0.25, 0.3) is 0 Å². The van der Waals surface area contributed by atoms with Crippen LogP contribution in [0.15, 0.2) is 0 Å². The molecule has 5 nitrogen and oxygen atoms in total. The first-order valence-electron chi connectivity index (χ1n) is 7.93. The summed E-state index contributed by atoms with van der Waals surface area (Å²) in [5.74, 6) is 0.930. The average Bonchev–Trinajstić information content (AvgIpc) is 2.90. The van der Waals surface area contributed by atoms with Gasteiger partial charge in [-0.15, -0.1) is 11.8 Å². The Balaban J connectivity index is 1.87. The first kappa shape index (κ1) is 16.5. The average molecular weight is 314 g/mol. The number of carbonyl (C=O) groups is 2. The van der Waals surface area contributed by atoms with Gasteiger partial charge in [0.2, 0.25) is 0 Å². The number of amides is 2. The molecule has 1 aliphatic carbocycles. The lowest BCUT2D eigenvalue weighted by atomic mass is 9.83. The van der Waals surface area contributed by atoms with Gasteiger partial charge < -0.3 is 10.4 Å². The van der Waals surface area contributed by atoms with E-state index in [-0.39, 0.29) is 11.4 Å². The van der Waals surface area contributed by atoms with Crippen molar-refractivity contribution in [2.24, 2.45) is 11.8 Å². The predicted octanol–water partition coefficient (Wildman–Crippen LogP) is 2.76. The monoisotopic (exact) mass is 314 g/mol. The molecule has 120 valence electrons. The zero-order valence-electron chi connectivity index (χ0n) is 12.9. The van der Waals surface area contributed by atoms with E-state index in [1.807, 2.05) is 6.92 Å². The minimum Gasteiger partial charge on any atom is -0.480 e. The lowest BCUT2D eigenvalue weighted by Gasteiger charge is -2.30. The standard InChI is InChI=1S/C15H26N2O3S/c1-3-13-17(12(9-21-13)14(18)19)15(20)16-8-11-6-4-10(2)5-7-11/h10-13H,3-9H2,1-2H3,(H,16,20)(H,18,19). The fraction of sp³-hybridized carbons (Fsp3) is 0.867. The highest BCUT2D eigenvalue weighted by Gasteiger charge is 2.40. The van der Waals surface area contributed by atoms with Crippen molar-refractivity contribution in [1.82, 2.24) is 10.2 Å². The van der Waals surface area contributed by atoms with Crippen LogP contribution in [-0.4, -0.2) is 45.7 Å². The second-order valence-corrected chi connectivity index (χ2v) is 7.48. The van der Waals surface area contributed by atoms with Crippen LogP contribution in [0.5, 0.6) is 0 Å². The number of hydrogen-bond acceptors (Lipinski definition) is 3. The number of thioether (sulfide) groups is 1. The molecule has 0 aromatic carbocycles. The number of rotatable bonds is 4. The molecule has 1 saturated heterocycles. The molecule has 2 amide bonds. The van der Waals surface area contributed by atoms with Gasteiger partial charge in [0.05, 0.1) is 5.37 Å². The number of aliphatic carboxylic acids is 1. The van der Waals surface area contributed by atoms with Crippen molar-refractivity contribution >= 4 is 23.8 Å². The maximum Gasteiger partial charge on any atom is 0.327 e. The fourth-order valence-electron chi connectivity index (χ4n) is 3.20. The number of carboxylic acid groups (broad SMARTS) is 1. The molecule has 0 radical (unpaired) electrons. The summed E-state index contributed by atoms with van der Waals surface area (Å²) >= 11 is 1.56. The largest absolute Gasteiger partial charge is 0.480 e. The molecule has 2 fully saturated rings. The third-order valence-corrected chi connectivity index (χ3v) is 6.09. The minimum atomic E-state index is -0.903. The highest BCUT2D eigenvalue weighted by Crippen LogP contribution is 2.32. The third kappa shape index (κ3) is 4.05. The molecule has 1 aliphatic heterocycles. The topological polar surface area (TPSA) is 69.6 Å². The summed E-state index contributed by atoms with van der Waals surface area (Å²) in [4.78, 5) is 25.2. The third-order valence-electron chi connectivity index (χ3n) is 4.64. The molecule has 1 heterocycles. The van der Waals surface area contributed by atoms with E-state index in [4.69, 9.17) is 0 Å². The number of carboxylic acids is 1. The van der Waals surface area contributed by atoms with Gasteiger partial charge in [-0.05, 0) is 31.1 Å². The molecular weight excluding hydrogens is 288 g/mol. The second kappa shape index (κ2) is 7.38. The second-order valence-electron chi connectivity index (χ2n) is 6.27. The van der Waals surface area contributed by atoms with E-state index in [9.17, 15) is 14.7 Å². The van der Waals surface area contributed by atoms with E-state index in [1.54, 1.807) is 11.8 Å². The Morgan fingerprint density at radius 3 is 2.52 bits per heavy atom. The normalized spacial score (nSPS) is 33.0. The van der Waals surface area contributed by atoms with Gasteiger partial charge in [0, 0.05) is 12.3 Å². The van der Waals surface area contributed by atoms with Crippen molar-refractivity contribution in [3.8, 4) is 0 Å². The van der Waals surface area contributed by atoms with Gasteiger partial charge in [0.15, 0.2) is 0 Å². The summed E-state index contributed by atoms with van der Waals surface area (Å²) in [6.07, 6.45) is 5.57. The van der Waals surface area contributed by atoms with Crippen LogP contribution < -0.4 is 5.32 Å². The summed E-state index contributed by atoms with van der Waals surface area (Å²) in [5, 5.41) is 12.2. The van der Waals surface area contributed by atoms with E-state index < -0.39 is 12.0 Å². The van der Waals surface area contributed by atoms with E-state index in [1.165, 1.54) is 17.7 Å². The Morgan fingerprint density at radius 2 is 1.95 bits per heavy atom. The lowest BCUT2D eigenvalue weighted by Crippen LogP contribution is -2.50. The molecular formula is C15H26N2O3S. The predicted molar refractivity (Wildman–Crippen MR) is 84.3 cm³/mol. The fourth-order valence-corrected chi connectivity index (χ4v) is 4.54. The van der Waals surface area contributed by atoms with Crippen molar-refractivity contribution in [3.63, 3.8) is 0 Å². The molecule has 1 saturated carbocycles. The van der Waals surface area contributed by atoms with Crippen LogP contribution in [0, 0.1) is 11.8 Å². The molecule has 0 bridgehead atoms. The van der Waals surface area contributed by atoms with E-state index >= 15 is 0 Å². The van der Waals surface area contributed by atoms with Crippen LogP contribution in [0.2, 0.25) is 0 Å². The van der Waals surface area contributed by atoms with Gasteiger partial charge in [0.1, 0.15) is 6.04 Å².